The number of carbonyl (C=O) groups is 1. The highest BCUT2D eigenvalue weighted by atomic mass is 35.5. The molecule has 0 saturated carbocycles. The van der Waals surface area contributed by atoms with E-state index in [0.717, 1.165) is 0 Å². The minimum Gasteiger partial charge on any atom is -0.444 e. The van der Waals surface area contributed by atoms with E-state index in [0.29, 0.717) is 60.8 Å². The highest BCUT2D eigenvalue weighted by molar-refractivity contribution is 6.33. The number of pyridine rings is 1. The van der Waals surface area contributed by atoms with Crippen LogP contribution in [0.1, 0.15) is 33.6 Å². The van der Waals surface area contributed by atoms with Gasteiger partial charge in [0.15, 0.2) is 0 Å². The average molecular weight is 394 g/mol. The number of aromatic nitrogens is 3. The fraction of sp³-hybridized carbons (Fsp3) is 0.556. The largest absolute Gasteiger partial charge is 0.444 e. The van der Waals surface area contributed by atoms with Gasteiger partial charge in [-0.1, -0.05) is 18.5 Å². The number of nitrogens with zero attached hydrogens (tertiary/aromatic N) is 5. The van der Waals surface area contributed by atoms with Crippen molar-refractivity contribution in [2.45, 2.75) is 39.7 Å². The number of amides is 1. The number of ether oxygens (including phenoxy) is 1. The van der Waals surface area contributed by atoms with Crippen LogP contribution < -0.4 is 4.90 Å². The molecule has 146 valence electrons. The van der Waals surface area contributed by atoms with Gasteiger partial charge in [0.2, 0.25) is 11.8 Å². The van der Waals surface area contributed by atoms with E-state index in [-0.39, 0.29) is 6.09 Å². The van der Waals surface area contributed by atoms with E-state index in [1.165, 1.54) is 0 Å². The summed E-state index contributed by atoms with van der Waals surface area (Å²) < 4.78 is 11.0. The standard InChI is InChI=1S/C18H24ClN5O3/c1-5-14-21-22-16(26-14)12-10-13(19)15(20-11-12)23-6-8-24(9-7-23)17(25)27-18(2,3)4/h10-11H,5-9H2,1-4H3. The van der Waals surface area contributed by atoms with Gasteiger partial charge in [0.25, 0.3) is 0 Å². The Morgan fingerprint density at radius 2 is 1.96 bits per heavy atom. The van der Waals surface area contributed by atoms with Crippen LogP contribution in [0.25, 0.3) is 11.5 Å². The zero-order valence-electron chi connectivity index (χ0n) is 16.0. The normalized spacial score (nSPS) is 15.1. The van der Waals surface area contributed by atoms with Gasteiger partial charge in [0.1, 0.15) is 11.4 Å². The van der Waals surface area contributed by atoms with Crippen LogP contribution in [0.3, 0.4) is 0 Å². The molecule has 0 N–H and O–H groups in total. The van der Waals surface area contributed by atoms with Crippen LogP contribution in [-0.4, -0.2) is 58.0 Å². The van der Waals surface area contributed by atoms with Crippen molar-refractivity contribution in [1.29, 1.82) is 0 Å². The monoisotopic (exact) mass is 393 g/mol. The van der Waals surface area contributed by atoms with Crippen molar-refractivity contribution in [3.8, 4) is 11.5 Å². The van der Waals surface area contributed by atoms with Crippen molar-refractivity contribution in [2.24, 2.45) is 0 Å². The number of hydrogen-bond acceptors (Lipinski definition) is 7. The van der Waals surface area contributed by atoms with Gasteiger partial charge in [-0.25, -0.2) is 9.78 Å². The molecule has 0 bridgehead atoms. The second kappa shape index (κ2) is 7.72. The molecule has 1 aliphatic heterocycles. The number of piperazine rings is 1. The summed E-state index contributed by atoms with van der Waals surface area (Å²) in [5.74, 6) is 1.66. The van der Waals surface area contributed by atoms with Gasteiger partial charge in [-0.3, -0.25) is 0 Å². The van der Waals surface area contributed by atoms with E-state index >= 15 is 0 Å². The van der Waals surface area contributed by atoms with E-state index in [2.05, 4.69) is 20.1 Å². The van der Waals surface area contributed by atoms with E-state index in [1.54, 1.807) is 17.2 Å². The van der Waals surface area contributed by atoms with Gasteiger partial charge in [0.05, 0.1) is 10.6 Å². The molecule has 9 heteroatoms. The summed E-state index contributed by atoms with van der Waals surface area (Å²) in [6.45, 7) is 9.90. The van der Waals surface area contributed by atoms with E-state index in [9.17, 15) is 4.79 Å². The Kier molecular flexibility index (Phi) is 5.55. The molecule has 27 heavy (non-hydrogen) atoms. The molecule has 3 rings (SSSR count). The summed E-state index contributed by atoms with van der Waals surface area (Å²) in [5, 5.41) is 8.48. The summed E-state index contributed by atoms with van der Waals surface area (Å²) in [7, 11) is 0. The lowest BCUT2D eigenvalue weighted by atomic mass is 10.2. The molecule has 0 aliphatic carbocycles. The Balaban J connectivity index is 1.65. The van der Waals surface area contributed by atoms with Gasteiger partial charge in [0, 0.05) is 38.8 Å². The average Bonchev–Trinajstić information content (AvgIpc) is 3.09. The third-order valence-corrected chi connectivity index (χ3v) is 4.35. The third kappa shape index (κ3) is 4.68. The Labute approximate surface area is 163 Å². The fourth-order valence-corrected chi connectivity index (χ4v) is 3.01. The molecule has 1 saturated heterocycles. The first-order chi connectivity index (χ1) is 12.8. The second-order valence-electron chi connectivity index (χ2n) is 7.34. The zero-order chi connectivity index (χ0) is 19.6. The molecule has 0 aromatic carbocycles. The summed E-state index contributed by atoms with van der Waals surface area (Å²) >= 11 is 6.44. The summed E-state index contributed by atoms with van der Waals surface area (Å²) in [6.07, 6.45) is 2.06. The minimum absolute atomic E-state index is 0.292. The molecule has 1 aliphatic rings. The first-order valence-electron chi connectivity index (χ1n) is 8.98. The first kappa shape index (κ1) is 19.4. The Morgan fingerprint density at radius 3 is 2.52 bits per heavy atom. The molecule has 0 atom stereocenters. The lowest BCUT2D eigenvalue weighted by molar-refractivity contribution is 0.0240. The molecular weight excluding hydrogens is 370 g/mol. The molecular formula is C18H24ClN5O3. The van der Waals surface area contributed by atoms with Gasteiger partial charge in [-0.05, 0) is 26.8 Å². The van der Waals surface area contributed by atoms with Crippen LogP contribution >= 0.6 is 11.6 Å². The van der Waals surface area contributed by atoms with Crippen LogP contribution in [-0.2, 0) is 11.2 Å². The molecule has 0 radical (unpaired) electrons. The summed E-state index contributed by atoms with van der Waals surface area (Å²) in [5.41, 5.74) is 0.185. The second-order valence-corrected chi connectivity index (χ2v) is 7.75. The van der Waals surface area contributed by atoms with Crippen LogP contribution in [0.15, 0.2) is 16.7 Å². The Hall–Kier alpha value is -2.35. The van der Waals surface area contributed by atoms with Crippen LogP contribution in [0, 0.1) is 0 Å². The number of hydrogen-bond donors (Lipinski definition) is 0. The summed E-state index contributed by atoms with van der Waals surface area (Å²) in [4.78, 5) is 20.4. The maximum Gasteiger partial charge on any atom is 0.410 e. The van der Waals surface area contributed by atoms with Gasteiger partial charge < -0.3 is 19.0 Å². The highest BCUT2D eigenvalue weighted by Gasteiger charge is 2.27. The van der Waals surface area contributed by atoms with Crippen molar-refractivity contribution < 1.29 is 13.9 Å². The quantitative estimate of drug-likeness (QED) is 0.789. The molecule has 1 fully saturated rings. The number of rotatable bonds is 3. The van der Waals surface area contributed by atoms with Crippen molar-refractivity contribution in [3.63, 3.8) is 0 Å². The van der Waals surface area contributed by atoms with Crippen molar-refractivity contribution in [2.75, 3.05) is 31.1 Å². The van der Waals surface area contributed by atoms with Gasteiger partial charge in [-0.2, -0.15) is 0 Å². The predicted octanol–water partition coefficient (Wildman–Crippen LogP) is 3.40. The topological polar surface area (TPSA) is 84.6 Å². The molecule has 2 aromatic heterocycles. The molecule has 0 unspecified atom stereocenters. The van der Waals surface area contributed by atoms with Crippen LogP contribution in [0.5, 0.6) is 0 Å². The maximum atomic E-state index is 12.2. The maximum absolute atomic E-state index is 12.2. The van der Waals surface area contributed by atoms with E-state index in [4.69, 9.17) is 20.8 Å². The number of aryl methyl sites for hydroxylation is 1. The van der Waals surface area contributed by atoms with Crippen molar-refractivity contribution in [3.05, 3.63) is 23.2 Å². The first-order valence-corrected chi connectivity index (χ1v) is 9.36. The highest BCUT2D eigenvalue weighted by Crippen LogP contribution is 2.29. The van der Waals surface area contributed by atoms with E-state index < -0.39 is 5.60 Å². The third-order valence-electron chi connectivity index (χ3n) is 4.07. The number of halogens is 1. The summed E-state index contributed by atoms with van der Waals surface area (Å²) in [6, 6.07) is 1.77. The predicted molar refractivity (Wildman–Crippen MR) is 102 cm³/mol. The fourth-order valence-electron chi connectivity index (χ4n) is 2.72. The smallest absolute Gasteiger partial charge is 0.410 e. The van der Waals surface area contributed by atoms with Crippen molar-refractivity contribution >= 4 is 23.5 Å². The SMILES string of the molecule is CCc1nnc(-c2cnc(N3CCN(C(=O)OC(C)(C)C)CC3)c(Cl)c2)o1. The number of carbonyl (C=O) groups excluding carboxylic acids is 1. The van der Waals surface area contributed by atoms with Crippen LogP contribution in [0.2, 0.25) is 5.02 Å². The molecule has 0 spiro atoms. The minimum atomic E-state index is -0.499. The van der Waals surface area contributed by atoms with Gasteiger partial charge in [-0.15, -0.1) is 10.2 Å². The van der Waals surface area contributed by atoms with Gasteiger partial charge >= 0.3 is 6.09 Å². The molecule has 8 nitrogen and oxygen atoms in total. The van der Waals surface area contributed by atoms with E-state index in [1.807, 2.05) is 27.7 Å². The lowest BCUT2D eigenvalue weighted by Crippen LogP contribution is -2.50. The lowest BCUT2D eigenvalue weighted by Gasteiger charge is -2.36. The van der Waals surface area contributed by atoms with Crippen LogP contribution in [0.4, 0.5) is 10.6 Å². The molecule has 2 aromatic rings. The zero-order valence-corrected chi connectivity index (χ0v) is 16.8. The Morgan fingerprint density at radius 1 is 1.26 bits per heavy atom. The molecule has 3 heterocycles. The molecule has 1 amide bonds. The Bertz CT molecular complexity index is 810. The van der Waals surface area contributed by atoms with Crippen molar-refractivity contribution in [1.82, 2.24) is 20.1 Å². The number of anilines is 1.